The summed E-state index contributed by atoms with van der Waals surface area (Å²) in [7, 11) is 2.92. The van der Waals surface area contributed by atoms with Crippen molar-refractivity contribution in [3.05, 3.63) is 48.3 Å². The number of rotatable bonds is 3. The van der Waals surface area contributed by atoms with Gasteiger partial charge in [-0.1, -0.05) is 0 Å². The maximum atomic E-state index is 11.6. The minimum Gasteiger partial charge on any atom is -0.497 e. The number of hydrogen-bond acceptors (Lipinski definition) is 4. The van der Waals surface area contributed by atoms with Crippen molar-refractivity contribution >= 4 is 5.97 Å². The Bertz CT molecular complexity index is 552. The molecule has 0 aliphatic heterocycles. The van der Waals surface area contributed by atoms with E-state index in [1.54, 1.807) is 31.6 Å². The summed E-state index contributed by atoms with van der Waals surface area (Å²) in [5, 5.41) is 0. The van der Waals surface area contributed by atoms with Gasteiger partial charge in [-0.2, -0.15) is 0 Å². The third-order valence-electron chi connectivity index (χ3n) is 2.58. The predicted octanol–water partition coefficient (Wildman–Crippen LogP) is 2.54. The van der Waals surface area contributed by atoms with Crippen LogP contribution in [0, 0.1) is 0 Å². The molecule has 4 nitrogen and oxygen atoms in total. The van der Waals surface area contributed by atoms with Crippen molar-refractivity contribution < 1.29 is 14.3 Å². The van der Waals surface area contributed by atoms with Crippen LogP contribution in [-0.4, -0.2) is 25.2 Å². The second kappa shape index (κ2) is 5.31. The Kier molecular flexibility index (Phi) is 3.57. The second-order valence-corrected chi connectivity index (χ2v) is 3.68. The van der Waals surface area contributed by atoms with Crippen LogP contribution in [0.25, 0.3) is 11.1 Å². The Morgan fingerprint density at radius 1 is 1.06 bits per heavy atom. The molecule has 2 rings (SSSR count). The Morgan fingerprint density at radius 2 is 1.78 bits per heavy atom. The normalized spacial score (nSPS) is 9.89. The van der Waals surface area contributed by atoms with Crippen molar-refractivity contribution in [2.75, 3.05) is 14.2 Å². The Morgan fingerprint density at radius 3 is 2.39 bits per heavy atom. The van der Waals surface area contributed by atoms with Crippen LogP contribution in [0.2, 0.25) is 0 Å². The number of hydrogen-bond donors (Lipinski definition) is 0. The molecule has 1 aromatic carbocycles. The standard InChI is InChI=1S/C14H13NO3/c1-17-13-8-11(10-3-5-15-6-4-10)7-12(9-13)14(16)18-2/h3-9H,1-2H3. The van der Waals surface area contributed by atoms with E-state index in [1.807, 2.05) is 18.2 Å². The van der Waals surface area contributed by atoms with Crippen LogP contribution in [0.3, 0.4) is 0 Å². The first-order valence-corrected chi connectivity index (χ1v) is 5.42. The van der Waals surface area contributed by atoms with Crippen LogP contribution in [0.5, 0.6) is 5.75 Å². The number of benzene rings is 1. The number of aromatic nitrogens is 1. The summed E-state index contributed by atoms with van der Waals surface area (Å²) in [4.78, 5) is 15.5. The monoisotopic (exact) mass is 243 g/mol. The number of ether oxygens (including phenoxy) is 2. The summed E-state index contributed by atoms with van der Waals surface area (Å²) >= 11 is 0. The van der Waals surface area contributed by atoms with E-state index in [2.05, 4.69) is 4.98 Å². The summed E-state index contributed by atoms with van der Waals surface area (Å²) in [6, 6.07) is 9.02. The van der Waals surface area contributed by atoms with Crippen LogP contribution in [-0.2, 0) is 4.74 Å². The minimum absolute atomic E-state index is 0.385. The summed E-state index contributed by atoms with van der Waals surface area (Å²) in [6.07, 6.45) is 3.40. The SMILES string of the molecule is COC(=O)c1cc(OC)cc(-c2ccncc2)c1. The van der Waals surface area contributed by atoms with E-state index < -0.39 is 0 Å². The lowest BCUT2D eigenvalue weighted by Crippen LogP contribution is -2.02. The van der Waals surface area contributed by atoms with E-state index in [9.17, 15) is 4.79 Å². The number of pyridine rings is 1. The molecule has 0 radical (unpaired) electrons. The van der Waals surface area contributed by atoms with Crippen LogP contribution in [0.1, 0.15) is 10.4 Å². The number of esters is 1. The summed E-state index contributed by atoms with van der Waals surface area (Å²) in [5.74, 6) is 0.230. The highest BCUT2D eigenvalue weighted by Crippen LogP contribution is 2.25. The zero-order valence-electron chi connectivity index (χ0n) is 10.2. The molecule has 0 bridgehead atoms. The lowest BCUT2D eigenvalue weighted by Gasteiger charge is -2.08. The highest BCUT2D eigenvalue weighted by Gasteiger charge is 2.10. The van der Waals surface area contributed by atoms with Gasteiger partial charge in [0, 0.05) is 12.4 Å². The molecule has 0 atom stereocenters. The molecule has 0 N–H and O–H groups in total. The molecular weight excluding hydrogens is 230 g/mol. The highest BCUT2D eigenvalue weighted by atomic mass is 16.5. The Balaban J connectivity index is 2.51. The van der Waals surface area contributed by atoms with Gasteiger partial charge in [0.1, 0.15) is 5.75 Å². The molecule has 0 saturated carbocycles. The molecule has 0 amide bonds. The van der Waals surface area contributed by atoms with Gasteiger partial charge >= 0.3 is 5.97 Å². The van der Waals surface area contributed by atoms with E-state index in [4.69, 9.17) is 9.47 Å². The molecule has 0 aliphatic carbocycles. The highest BCUT2D eigenvalue weighted by molar-refractivity contribution is 5.91. The number of carbonyl (C=O) groups is 1. The van der Waals surface area contributed by atoms with Crippen molar-refractivity contribution in [3.8, 4) is 16.9 Å². The van der Waals surface area contributed by atoms with Crippen molar-refractivity contribution in [2.45, 2.75) is 0 Å². The van der Waals surface area contributed by atoms with E-state index in [-0.39, 0.29) is 5.97 Å². The fourth-order valence-corrected chi connectivity index (χ4v) is 1.66. The molecule has 18 heavy (non-hydrogen) atoms. The van der Waals surface area contributed by atoms with Gasteiger partial charge in [-0.3, -0.25) is 4.98 Å². The predicted molar refractivity (Wildman–Crippen MR) is 67.6 cm³/mol. The van der Waals surface area contributed by atoms with Crippen molar-refractivity contribution in [2.24, 2.45) is 0 Å². The fourth-order valence-electron chi connectivity index (χ4n) is 1.66. The van der Waals surface area contributed by atoms with Gasteiger partial charge < -0.3 is 9.47 Å². The molecule has 0 unspecified atom stereocenters. The van der Waals surface area contributed by atoms with Crippen molar-refractivity contribution in [3.63, 3.8) is 0 Å². The van der Waals surface area contributed by atoms with Gasteiger partial charge in [-0.25, -0.2) is 4.79 Å². The summed E-state index contributed by atoms with van der Waals surface area (Å²) < 4.78 is 9.91. The van der Waals surface area contributed by atoms with E-state index in [1.165, 1.54) is 7.11 Å². The van der Waals surface area contributed by atoms with Gasteiger partial charge in [0.25, 0.3) is 0 Å². The van der Waals surface area contributed by atoms with E-state index in [0.29, 0.717) is 11.3 Å². The number of carbonyl (C=O) groups excluding carboxylic acids is 1. The summed E-state index contributed by atoms with van der Waals surface area (Å²) in [5.41, 5.74) is 2.31. The second-order valence-electron chi connectivity index (χ2n) is 3.68. The lowest BCUT2D eigenvalue weighted by molar-refractivity contribution is 0.0600. The first kappa shape index (κ1) is 12.1. The van der Waals surface area contributed by atoms with Crippen LogP contribution < -0.4 is 4.74 Å². The number of nitrogens with zero attached hydrogens (tertiary/aromatic N) is 1. The van der Waals surface area contributed by atoms with Crippen molar-refractivity contribution in [1.29, 1.82) is 0 Å². The van der Waals surface area contributed by atoms with Gasteiger partial charge in [-0.15, -0.1) is 0 Å². The molecule has 0 saturated heterocycles. The van der Waals surface area contributed by atoms with Gasteiger partial charge in [0.05, 0.1) is 19.8 Å². The first-order valence-electron chi connectivity index (χ1n) is 5.42. The van der Waals surface area contributed by atoms with E-state index >= 15 is 0 Å². The first-order chi connectivity index (χ1) is 8.74. The molecule has 0 aliphatic rings. The molecular formula is C14H13NO3. The zero-order valence-corrected chi connectivity index (χ0v) is 10.2. The van der Waals surface area contributed by atoms with Gasteiger partial charge in [0.2, 0.25) is 0 Å². The minimum atomic E-state index is -0.385. The Hall–Kier alpha value is -2.36. The van der Waals surface area contributed by atoms with E-state index in [0.717, 1.165) is 11.1 Å². The molecule has 0 fully saturated rings. The van der Waals surface area contributed by atoms with Crippen molar-refractivity contribution in [1.82, 2.24) is 4.98 Å². The summed E-state index contributed by atoms with van der Waals surface area (Å²) in [6.45, 7) is 0. The number of methoxy groups -OCH3 is 2. The van der Waals surface area contributed by atoms with Crippen LogP contribution in [0.15, 0.2) is 42.7 Å². The quantitative estimate of drug-likeness (QED) is 0.777. The average molecular weight is 243 g/mol. The van der Waals surface area contributed by atoms with Crippen LogP contribution >= 0.6 is 0 Å². The van der Waals surface area contributed by atoms with Crippen LogP contribution in [0.4, 0.5) is 0 Å². The topological polar surface area (TPSA) is 48.4 Å². The molecule has 4 heteroatoms. The third-order valence-corrected chi connectivity index (χ3v) is 2.58. The third kappa shape index (κ3) is 2.48. The largest absolute Gasteiger partial charge is 0.497 e. The average Bonchev–Trinajstić information content (AvgIpc) is 2.46. The zero-order chi connectivity index (χ0) is 13.0. The lowest BCUT2D eigenvalue weighted by atomic mass is 10.0. The molecule has 2 aromatic rings. The Labute approximate surface area is 105 Å². The molecule has 1 aromatic heterocycles. The van der Waals surface area contributed by atoms with Gasteiger partial charge in [-0.05, 0) is 41.5 Å². The maximum absolute atomic E-state index is 11.6. The van der Waals surface area contributed by atoms with Gasteiger partial charge in [0.15, 0.2) is 0 Å². The fraction of sp³-hybridized carbons (Fsp3) is 0.143. The molecule has 0 spiro atoms. The molecule has 1 heterocycles. The molecule has 92 valence electrons. The maximum Gasteiger partial charge on any atom is 0.338 e. The smallest absolute Gasteiger partial charge is 0.338 e.